The zero-order valence-electron chi connectivity index (χ0n) is 8.13. The minimum absolute atomic E-state index is 0.0886. The summed E-state index contributed by atoms with van der Waals surface area (Å²) in [5.74, 6) is -0.351. The van der Waals surface area contributed by atoms with E-state index < -0.39 is 12.0 Å². The Morgan fingerprint density at radius 3 is 2.87 bits per heavy atom. The van der Waals surface area contributed by atoms with Gasteiger partial charge in [-0.15, -0.1) is 6.42 Å². The Kier molecular flexibility index (Phi) is 2.24. The van der Waals surface area contributed by atoms with Gasteiger partial charge in [-0.3, -0.25) is 0 Å². The predicted molar refractivity (Wildman–Crippen MR) is 54.4 cm³/mol. The first kappa shape index (κ1) is 10.1. The fourth-order valence-electron chi connectivity index (χ4n) is 2.02. The third-order valence-corrected chi connectivity index (χ3v) is 2.81. The second kappa shape index (κ2) is 3.32. The molecule has 0 fully saturated rings. The smallest absolute Gasteiger partial charge is 0.273 e. The minimum atomic E-state index is -2.72. The molecular weight excluding hydrogens is 196 g/mol. The number of fused-ring (bicyclic) bond motifs is 1. The van der Waals surface area contributed by atoms with Crippen LogP contribution in [0.4, 0.5) is 8.78 Å². The Morgan fingerprint density at radius 2 is 2.20 bits per heavy atom. The van der Waals surface area contributed by atoms with Crippen molar-refractivity contribution in [1.82, 2.24) is 0 Å². The third kappa shape index (κ3) is 1.51. The van der Waals surface area contributed by atoms with Gasteiger partial charge in [0, 0.05) is 12.0 Å². The molecule has 1 aliphatic rings. The lowest BCUT2D eigenvalue weighted by molar-refractivity contribution is -0.00184. The second-order valence-electron chi connectivity index (χ2n) is 3.72. The van der Waals surface area contributed by atoms with Crippen LogP contribution in [0.5, 0.6) is 0 Å². The van der Waals surface area contributed by atoms with Crippen molar-refractivity contribution in [1.29, 1.82) is 0 Å². The molecule has 2 N–H and O–H groups in total. The van der Waals surface area contributed by atoms with Crippen LogP contribution in [0.2, 0.25) is 0 Å². The van der Waals surface area contributed by atoms with Gasteiger partial charge in [-0.05, 0) is 17.5 Å². The van der Waals surface area contributed by atoms with E-state index in [1.807, 2.05) is 0 Å². The summed E-state index contributed by atoms with van der Waals surface area (Å²) in [6, 6.07) is 4.18. The summed E-state index contributed by atoms with van der Waals surface area (Å²) < 4.78 is 26.8. The highest BCUT2D eigenvalue weighted by Gasteiger charge is 2.40. The van der Waals surface area contributed by atoms with Crippen molar-refractivity contribution in [2.45, 2.75) is 24.8 Å². The van der Waals surface area contributed by atoms with Crippen molar-refractivity contribution >= 4 is 0 Å². The largest absolute Gasteiger partial charge is 0.314 e. The maximum absolute atomic E-state index is 13.4. The maximum Gasteiger partial charge on any atom is 0.273 e. The zero-order chi connectivity index (χ0) is 11.1. The quantitative estimate of drug-likeness (QED) is 0.703. The van der Waals surface area contributed by atoms with Gasteiger partial charge < -0.3 is 5.73 Å². The van der Waals surface area contributed by atoms with Crippen molar-refractivity contribution in [3.05, 3.63) is 34.9 Å². The molecular formula is C12H11F2N. The number of halogens is 2. The third-order valence-electron chi connectivity index (χ3n) is 2.81. The number of hydrogen-bond acceptors (Lipinski definition) is 1. The average Bonchev–Trinajstić information content (AvgIpc) is 2.54. The standard InChI is InChI=1S/C12H11F2N/c1-2-11(15)9-4-3-5-10-8(9)6-7-12(10,13)14/h1,3-5,11H,6-7,15H2/t11-/m1/s1. The van der Waals surface area contributed by atoms with Gasteiger partial charge >= 0.3 is 0 Å². The summed E-state index contributed by atoms with van der Waals surface area (Å²) in [4.78, 5) is 0. The summed E-state index contributed by atoms with van der Waals surface area (Å²) in [6.45, 7) is 0. The van der Waals surface area contributed by atoms with E-state index in [0.717, 1.165) is 0 Å². The highest BCUT2D eigenvalue weighted by molar-refractivity contribution is 5.44. The van der Waals surface area contributed by atoms with E-state index in [4.69, 9.17) is 12.2 Å². The molecule has 0 radical (unpaired) electrons. The van der Waals surface area contributed by atoms with E-state index in [-0.39, 0.29) is 12.0 Å². The maximum atomic E-state index is 13.4. The number of terminal acetylenes is 1. The van der Waals surface area contributed by atoms with Crippen molar-refractivity contribution < 1.29 is 8.78 Å². The molecule has 0 aromatic heterocycles. The molecule has 0 amide bonds. The molecule has 15 heavy (non-hydrogen) atoms. The fraction of sp³-hybridized carbons (Fsp3) is 0.333. The summed E-state index contributed by atoms with van der Waals surface area (Å²) in [6.07, 6.45) is 5.42. The molecule has 0 heterocycles. The van der Waals surface area contributed by atoms with Gasteiger partial charge in [0.2, 0.25) is 0 Å². The number of benzene rings is 1. The number of rotatable bonds is 1. The lowest BCUT2D eigenvalue weighted by Crippen LogP contribution is -2.11. The monoisotopic (exact) mass is 207 g/mol. The van der Waals surface area contributed by atoms with E-state index in [9.17, 15) is 8.78 Å². The lowest BCUT2D eigenvalue weighted by atomic mass is 9.98. The highest BCUT2D eigenvalue weighted by Crippen LogP contribution is 2.43. The van der Waals surface area contributed by atoms with E-state index in [1.165, 1.54) is 6.07 Å². The van der Waals surface area contributed by atoms with Gasteiger partial charge in [-0.1, -0.05) is 24.1 Å². The first-order chi connectivity index (χ1) is 7.06. The average molecular weight is 207 g/mol. The fourth-order valence-corrected chi connectivity index (χ4v) is 2.02. The molecule has 1 nitrogen and oxygen atoms in total. The van der Waals surface area contributed by atoms with Crippen LogP contribution in [0.25, 0.3) is 0 Å². The van der Waals surface area contributed by atoms with Crippen molar-refractivity contribution in [3.63, 3.8) is 0 Å². The molecule has 0 saturated carbocycles. The highest BCUT2D eigenvalue weighted by atomic mass is 19.3. The number of hydrogen-bond donors (Lipinski definition) is 1. The van der Waals surface area contributed by atoms with Crippen molar-refractivity contribution in [2.24, 2.45) is 5.73 Å². The van der Waals surface area contributed by atoms with Gasteiger partial charge in [0.15, 0.2) is 0 Å². The number of alkyl halides is 2. The molecule has 0 aliphatic heterocycles. The van der Waals surface area contributed by atoms with Gasteiger partial charge in [0.1, 0.15) is 0 Å². The molecule has 1 aliphatic carbocycles. The molecule has 0 bridgehead atoms. The molecule has 1 aromatic rings. The Morgan fingerprint density at radius 1 is 1.47 bits per heavy atom. The van der Waals surface area contributed by atoms with Crippen LogP contribution in [0.3, 0.4) is 0 Å². The van der Waals surface area contributed by atoms with Gasteiger partial charge in [0.25, 0.3) is 5.92 Å². The zero-order valence-corrected chi connectivity index (χ0v) is 8.13. The van der Waals surface area contributed by atoms with Crippen molar-refractivity contribution in [2.75, 3.05) is 0 Å². The predicted octanol–water partition coefficient (Wildman–Crippen LogP) is 2.36. The van der Waals surface area contributed by atoms with Gasteiger partial charge in [-0.2, -0.15) is 0 Å². The topological polar surface area (TPSA) is 26.0 Å². The molecule has 0 saturated heterocycles. The Bertz CT molecular complexity index is 432. The van der Waals surface area contributed by atoms with E-state index in [2.05, 4.69) is 5.92 Å². The molecule has 1 atom stereocenters. The molecule has 2 rings (SSSR count). The Balaban J connectivity index is 2.55. The normalized spacial score (nSPS) is 19.3. The van der Waals surface area contributed by atoms with Crippen LogP contribution < -0.4 is 5.73 Å². The van der Waals surface area contributed by atoms with E-state index >= 15 is 0 Å². The molecule has 3 heteroatoms. The summed E-state index contributed by atoms with van der Waals surface area (Å²) in [7, 11) is 0. The van der Waals surface area contributed by atoms with Crippen LogP contribution in [-0.2, 0) is 12.3 Å². The molecule has 0 unspecified atom stereocenters. The lowest BCUT2D eigenvalue weighted by Gasteiger charge is -2.13. The van der Waals surface area contributed by atoms with Crippen LogP contribution in [0.1, 0.15) is 29.2 Å². The van der Waals surface area contributed by atoms with Gasteiger partial charge in [0.05, 0.1) is 6.04 Å². The summed E-state index contributed by atoms with van der Waals surface area (Å²) >= 11 is 0. The van der Waals surface area contributed by atoms with Crippen LogP contribution >= 0.6 is 0 Å². The number of nitrogens with two attached hydrogens (primary N) is 1. The Hall–Kier alpha value is -1.40. The molecule has 1 aromatic carbocycles. The van der Waals surface area contributed by atoms with Crippen LogP contribution in [0.15, 0.2) is 18.2 Å². The summed E-state index contributed by atoms with van der Waals surface area (Å²) in [5, 5.41) is 0. The molecule has 78 valence electrons. The van der Waals surface area contributed by atoms with E-state index in [0.29, 0.717) is 17.5 Å². The first-order valence-corrected chi connectivity index (χ1v) is 4.78. The van der Waals surface area contributed by atoms with Crippen LogP contribution in [0, 0.1) is 12.3 Å². The van der Waals surface area contributed by atoms with Crippen molar-refractivity contribution in [3.8, 4) is 12.3 Å². The summed E-state index contributed by atoms with van der Waals surface area (Å²) in [5.41, 5.74) is 7.06. The van der Waals surface area contributed by atoms with Gasteiger partial charge in [-0.25, -0.2) is 8.78 Å². The SMILES string of the molecule is C#C[C@@H](N)c1cccc2c1CCC2(F)F. The van der Waals surface area contributed by atoms with Crippen LogP contribution in [-0.4, -0.2) is 0 Å². The second-order valence-corrected chi connectivity index (χ2v) is 3.72. The minimum Gasteiger partial charge on any atom is -0.314 e. The molecule has 0 spiro atoms. The first-order valence-electron chi connectivity index (χ1n) is 4.78. The Labute approximate surface area is 87.3 Å². The van der Waals surface area contributed by atoms with E-state index in [1.54, 1.807) is 12.1 Å².